The monoisotopic (exact) mass is 773 g/mol. The zero-order chi connectivity index (χ0) is 40.2. The number of carbonyl (C=O) groups is 1. The molecular weight excluding hydrogens is 693 g/mol. The lowest BCUT2D eigenvalue weighted by Gasteiger charge is -2.45. The lowest BCUT2D eigenvalue weighted by Crippen LogP contribution is -2.49. The summed E-state index contributed by atoms with van der Waals surface area (Å²) in [4.78, 5) is 12.3. The first-order valence-electron chi connectivity index (χ1n) is 20.9. The molecule has 0 aromatic carbocycles. The SMILES string of the molecule is C=C1/C(=C/C=C2\CCC[C@]3(C)[C@@H]([C@H](C)/C=C/C(O)C(C)(C)OC(=O)OCCCCC)CC[C@@H]23)C[C@@H](O[Si](C)(C)C(C)(C)C)C[C@@H]1O[Si](C)(C)C(C)(C)C. The Morgan fingerprint density at radius 1 is 0.962 bits per heavy atom. The third-order valence-corrected chi connectivity index (χ3v) is 23.1. The van der Waals surface area contributed by atoms with E-state index in [1.54, 1.807) is 19.4 Å². The topological polar surface area (TPSA) is 74.2 Å². The minimum Gasteiger partial charge on any atom is -0.434 e. The van der Waals surface area contributed by atoms with Crippen LogP contribution in [0.4, 0.5) is 4.79 Å². The van der Waals surface area contributed by atoms with Gasteiger partial charge in [-0.05, 0) is 129 Å². The minimum atomic E-state index is -2.03. The maximum atomic E-state index is 12.3. The Kier molecular flexibility index (Phi) is 15.4. The van der Waals surface area contributed by atoms with Crippen LogP contribution in [-0.4, -0.2) is 58.4 Å². The third kappa shape index (κ3) is 11.6. The summed E-state index contributed by atoms with van der Waals surface area (Å²) in [6.45, 7) is 38.7. The summed E-state index contributed by atoms with van der Waals surface area (Å²) in [5, 5.41) is 11.3. The molecule has 0 radical (unpaired) electrons. The molecule has 1 N–H and O–H groups in total. The van der Waals surface area contributed by atoms with Crippen LogP contribution in [0.15, 0.2) is 47.6 Å². The molecule has 0 bridgehead atoms. The zero-order valence-electron chi connectivity index (χ0n) is 36.7. The van der Waals surface area contributed by atoms with E-state index in [1.807, 2.05) is 6.08 Å². The first kappa shape index (κ1) is 45.9. The Balaban J connectivity index is 1.80. The highest BCUT2D eigenvalue weighted by molar-refractivity contribution is 6.74. The van der Waals surface area contributed by atoms with E-state index in [4.69, 9.17) is 18.3 Å². The third-order valence-electron chi connectivity index (χ3n) is 14.0. The number of hydrogen-bond acceptors (Lipinski definition) is 6. The molecule has 3 aliphatic carbocycles. The van der Waals surface area contributed by atoms with Crippen molar-refractivity contribution in [3.8, 4) is 0 Å². The van der Waals surface area contributed by atoms with Gasteiger partial charge in [0, 0.05) is 6.42 Å². The first-order valence-corrected chi connectivity index (χ1v) is 26.7. The fourth-order valence-electron chi connectivity index (χ4n) is 8.37. The Labute approximate surface area is 327 Å². The van der Waals surface area contributed by atoms with Crippen LogP contribution in [0, 0.1) is 23.2 Å². The Morgan fingerprint density at radius 2 is 1.58 bits per heavy atom. The summed E-state index contributed by atoms with van der Waals surface area (Å²) in [6, 6.07) is 0. The van der Waals surface area contributed by atoms with Gasteiger partial charge in [0.25, 0.3) is 0 Å². The molecule has 0 spiro atoms. The standard InChI is InChI=1S/C45H80O6Si2/c1-17-18-19-29-48-41(47)49-44(10,11)40(46)27-22-32(2)37-25-26-38-34(21-20-28-45(37,38)12)23-24-35-30-36(50-52(13,14)42(4,5)6)31-39(33(35)3)51-53(15,16)43(7,8)9/h22-24,27,32,36-40,46H,3,17-21,25-26,28-31H2,1-2,4-16H3/b27-22+,34-23+,35-24+/t32-,36-,37-,38+,39+,40?,45-/m1/s1. The molecule has 1 unspecified atom stereocenters. The predicted octanol–water partition coefficient (Wildman–Crippen LogP) is 12.9. The van der Waals surface area contributed by atoms with E-state index in [0.717, 1.165) is 50.5 Å². The fourth-order valence-corrected chi connectivity index (χ4v) is 11.0. The van der Waals surface area contributed by atoms with Crippen LogP contribution in [0.5, 0.6) is 0 Å². The van der Waals surface area contributed by atoms with Crippen LogP contribution in [0.3, 0.4) is 0 Å². The van der Waals surface area contributed by atoms with Gasteiger partial charge in [0.15, 0.2) is 16.6 Å². The highest BCUT2D eigenvalue weighted by Crippen LogP contribution is 2.59. The Hall–Kier alpha value is -1.46. The van der Waals surface area contributed by atoms with Crippen molar-refractivity contribution in [2.75, 3.05) is 6.61 Å². The van der Waals surface area contributed by atoms with Crippen LogP contribution in [0.2, 0.25) is 36.3 Å². The highest BCUT2D eigenvalue weighted by atomic mass is 28.4. The van der Waals surface area contributed by atoms with Crippen molar-refractivity contribution < 1.29 is 28.2 Å². The summed E-state index contributed by atoms with van der Waals surface area (Å²) in [5.41, 5.74) is 3.11. The fraction of sp³-hybridized carbons (Fsp3) is 0.800. The molecule has 0 aromatic heterocycles. The Bertz CT molecular complexity index is 1350. The molecule has 3 aliphatic rings. The molecule has 3 fully saturated rings. The van der Waals surface area contributed by atoms with E-state index in [9.17, 15) is 9.90 Å². The number of carbonyl (C=O) groups excluding carboxylic acids is 1. The summed E-state index contributed by atoms with van der Waals surface area (Å²) in [6.07, 6.45) is 17.8. The smallest absolute Gasteiger partial charge is 0.434 e. The van der Waals surface area contributed by atoms with Crippen molar-refractivity contribution in [1.29, 1.82) is 0 Å². The van der Waals surface area contributed by atoms with Gasteiger partial charge >= 0.3 is 6.16 Å². The van der Waals surface area contributed by atoms with E-state index in [0.29, 0.717) is 18.4 Å². The van der Waals surface area contributed by atoms with Crippen LogP contribution in [0.25, 0.3) is 0 Å². The summed E-state index contributed by atoms with van der Waals surface area (Å²) in [7, 11) is -4.00. The zero-order valence-corrected chi connectivity index (χ0v) is 38.7. The van der Waals surface area contributed by atoms with Crippen LogP contribution in [0.1, 0.15) is 140 Å². The number of hydrogen-bond donors (Lipinski definition) is 1. The van der Waals surface area contributed by atoms with Crippen molar-refractivity contribution in [1.82, 2.24) is 0 Å². The van der Waals surface area contributed by atoms with E-state index >= 15 is 0 Å². The maximum absolute atomic E-state index is 12.3. The van der Waals surface area contributed by atoms with E-state index in [2.05, 4.69) is 113 Å². The molecule has 7 atom stereocenters. The molecule has 3 saturated carbocycles. The average Bonchev–Trinajstić information content (AvgIpc) is 3.38. The number of fused-ring (bicyclic) bond motifs is 1. The van der Waals surface area contributed by atoms with Crippen molar-refractivity contribution in [2.45, 2.75) is 201 Å². The molecule has 6 nitrogen and oxygen atoms in total. The lowest BCUT2D eigenvalue weighted by molar-refractivity contribution is -0.0671. The van der Waals surface area contributed by atoms with Gasteiger partial charge in [-0.1, -0.05) is 112 Å². The number of ether oxygens (including phenoxy) is 2. The van der Waals surface area contributed by atoms with Crippen molar-refractivity contribution >= 4 is 22.8 Å². The lowest BCUT2D eigenvalue weighted by atomic mass is 9.61. The van der Waals surface area contributed by atoms with Gasteiger partial charge in [0.05, 0.1) is 18.8 Å². The molecule has 0 aliphatic heterocycles. The number of allylic oxidation sites excluding steroid dienone is 4. The molecule has 0 aromatic rings. The summed E-state index contributed by atoms with van der Waals surface area (Å²) in [5.74, 6) is 1.33. The molecule has 0 saturated heterocycles. The number of unbranched alkanes of at least 4 members (excludes halogenated alkanes) is 2. The van der Waals surface area contributed by atoms with Gasteiger partial charge in [-0.2, -0.15) is 0 Å². The maximum Gasteiger partial charge on any atom is 0.508 e. The number of rotatable bonds is 14. The molecule has 8 heteroatoms. The molecule has 53 heavy (non-hydrogen) atoms. The van der Waals surface area contributed by atoms with Crippen molar-refractivity contribution in [3.63, 3.8) is 0 Å². The van der Waals surface area contributed by atoms with Crippen LogP contribution >= 0.6 is 0 Å². The Morgan fingerprint density at radius 3 is 2.19 bits per heavy atom. The molecule has 0 heterocycles. The second-order valence-electron chi connectivity index (χ2n) is 20.6. The summed E-state index contributed by atoms with van der Waals surface area (Å²) < 4.78 is 25.0. The van der Waals surface area contributed by atoms with Gasteiger partial charge in [-0.25, -0.2) is 4.79 Å². The predicted molar refractivity (Wildman–Crippen MR) is 227 cm³/mol. The molecule has 3 rings (SSSR count). The van der Waals surface area contributed by atoms with E-state index in [1.165, 1.54) is 24.8 Å². The van der Waals surface area contributed by atoms with Crippen LogP contribution < -0.4 is 0 Å². The molecule has 0 amide bonds. The average molecular weight is 773 g/mol. The second kappa shape index (κ2) is 17.8. The molecular formula is C45H80O6Si2. The van der Waals surface area contributed by atoms with Gasteiger partial charge in [0.1, 0.15) is 11.7 Å². The minimum absolute atomic E-state index is 0.0219. The largest absolute Gasteiger partial charge is 0.508 e. The summed E-state index contributed by atoms with van der Waals surface area (Å²) >= 11 is 0. The van der Waals surface area contributed by atoms with Crippen molar-refractivity contribution in [2.24, 2.45) is 23.2 Å². The number of aliphatic hydroxyl groups is 1. The van der Waals surface area contributed by atoms with Gasteiger partial charge in [0.2, 0.25) is 0 Å². The first-order chi connectivity index (χ1) is 24.3. The van der Waals surface area contributed by atoms with E-state index < -0.39 is 34.5 Å². The number of aliphatic hydroxyl groups excluding tert-OH is 1. The quantitative estimate of drug-likeness (QED) is 0.0820. The highest BCUT2D eigenvalue weighted by Gasteiger charge is 2.50. The van der Waals surface area contributed by atoms with Gasteiger partial charge in [-0.3, -0.25) is 0 Å². The van der Waals surface area contributed by atoms with Gasteiger partial charge < -0.3 is 23.4 Å². The van der Waals surface area contributed by atoms with Crippen LogP contribution in [-0.2, 0) is 18.3 Å². The molecule has 304 valence electrons. The van der Waals surface area contributed by atoms with E-state index in [-0.39, 0.29) is 33.6 Å². The van der Waals surface area contributed by atoms with Gasteiger partial charge in [-0.15, -0.1) is 0 Å². The van der Waals surface area contributed by atoms with Crippen molar-refractivity contribution in [3.05, 3.63) is 47.6 Å². The normalized spacial score (nSPS) is 29.1. The second-order valence-corrected chi connectivity index (χ2v) is 30.1.